The summed E-state index contributed by atoms with van der Waals surface area (Å²) in [7, 11) is 0. The van der Waals surface area contributed by atoms with E-state index in [2.05, 4.69) is 15.4 Å². The molecule has 0 bridgehead atoms. The SMILES string of the molecule is CC(C)NC(=O)NCC(O)c1cccc(OC(F)F)c1. The van der Waals surface area contributed by atoms with Gasteiger partial charge in [0.1, 0.15) is 5.75 Å². The Bertz CT molecular complexity index is 441. The lowest BCUT2D eigenvalue weighted by atomic mass is 10.1. The summed E-state index contributed by atoms with van der Waals surface area (Å²) in [4.78, 5) is 11.3. The lowest BCUT2D eigenvalue weighted by Crippen LogP contribution is -2.41. The van der Waals surface area contributed by atoms with Crippen molar-refractivity contribution in [2.75, 3.05) is 6.54 Å². The highest BCUT2D eigenvalue weighted by Gasteiger charge is 2.12. The molecule has 3 N–H and O–H groups in total. The van der Waals surface area contributed by atoms with Crippen LogP contribution in [0.1, 0.15) is 25.5 Å². The van der Waals surface area contributed by atoms with Gasteiger partial charge in [0.25, 0.3) is 0 Å². The van der Waals surface area contributed by atoms with Crippen molar-refractivity contribution in [1.29, 1.82) is 0 Å². The molecule has 0 saturated carbocycles. The summed E-state index contributed by atoms with van der Waals surface area (Å²) in [6.07, 6.45) is -1.01. The first-order valence-corrected chi connectivity index (χ1v) is 6.15. The number of carbonyl (C=O) groups is 1. The van der Waals surface area contributed by atoms with Crippen molar-refractivity contribution >= 4 is 6.03 Å². The lowest BCUT2D eigenvalue weighted by Gasteiger charge is -2.15. The fourth-order valence-corrected chi connectivity index (χ4v) is 1.52. The molecule has 20 heavy (non-hydrogen) atoms. The molecule has 112 valence electrons. The molecular weight excluding hydrogens is 270 g/mol. The number of benzene rings is 1. The van der Waals surface area contributed by atoms with Crippen LogP contribution in [0.4, 0.5) is 13.6 Å². The summed E-state index contributed by atoms with van der Waals surface area (Å²) in [5, 5.41) is 15.0. The van der Waals surface area contributed by atoms with Crippen LogP contribution >= 0.6 is 0 Å². The molecule has 0 aliphatic heterocycles. The number of carbonyl (C=O) groups excluding carboxylic acids is 1. The molecule has 5 nitrogen and oxygen atoms in total. The smallest absolute Gasteiger partial charge is 0.387 e. The molecule has 0 aliphatic rings. The number of rotatable bonds is 6. The molecule has 0 saturated heterocycles. The van der Waals surface area contributed by atoms with Crippen LogP contribution in [-0.2, 0) is 0 Å². The molecule has 0 spiro atoms. The Hall–Kier alpha value is -1.89. The maximum absolute atomic E-state index is 12.1. The molecule has 7 heteroatoms. The van der Waals surface area contributed by atoms with Gasteiger partial charge in [-0.05, 0) is 31.5 Å². The summed E-state index contributed by atoms with van der Waals surface area (Å²) in [5.74, 6) is -0.0387. The van der Waals surface area contributed by atoms with E-state index < -0.39 is 18.7 Å². The highest BCUT2D eigenvalue weighted by Crippen LogP contribution is 2.20. The average molecular weight is 288 g/mol. The number of ether oxygens (including phenoxy) is 1. The average Bonchev–Trinajstić information content (AvgIpc) is 2.34. The van der Waals surface area contributed by atoms with Crippen LogP contribution in [0.2, 0.25) is 0 Å². The zero-order chi connectivity index (χ0) is 15.1. The van der Waals surface area contributed by atoms with E-state index in [9.17, 15) is 18.7 Å². The van der Waals surface area contributed by atoms with Gasteiger partial charge in [-0.25, -0.2) is 4.79 Å². The topological polar surface area (TPSA) is 70.6 Å². The number of aliphatic hydroxyl groups is 1. The normalized spacial score (nSPS) is 12.3. The second-order valence-corrected chi connectivity index (χ2v) is 4.48. The minimum absolute atomic E-state index is 0.0186. The Morgan fingerprint density at radius 3 is 2.70 bits per heavy atom. The molecule has 1 aromatic carbocycles. The largest absolute Gasteiger partial charge is 0.435 e. The number of amides is 2. The van der Waals surface area contributed by atoms with Crippen molar-refractivity contribution < 1.29 is 23.4 Å². The van der Waals surface area contributed by atoms with Gasteiger partial charge < -0.3 is 20.5 Å². The van der Waals surface area contributed by atoms with E-state index in [0.717, 1.165) is 0 Å². The fraction of sp³-hybridized carbons (Fsp3) is 0.462. The summed E-state index contributed by atoms with van der Waals surface area (Å²) >= 11 is 0. The summed E-state index contributed by atoms with van der Waals surface area (Å²) < 4.78 is 28.4. The Balaban J connectivity index is 2.54. The van der Waals surface area contributed by atoms with Crippen LogP contribution in [0.15, 0.2) is 24.3 Å². The second-order valence-electron chi connectivity index (χ2n) is 4.48. The van der Waals surface area contributed by atoms with E-state index >= 15 is 0 Å². The molecular formula is C13H18F2N2O3. The first-order chi connectivity index (χ1) is 9.38. The van der Waals surface area contributed by atoms with Crippen molar-refractivity contribution in [3.05, 3.63) is 29.8 Å². The first kappa shape index (κ1) is 16.2. The van der Waals surface area contributed by atoms with E-state index in [0.29, 0.717) is 5.56 Å². The number of hydrogen-bond donors (Lipinski definition) is 3. The van der Waals surface area contributed by atoms with Crippen LogP contribution in [0, 0.1) is 0 Å². The van der Waals surface area contributed by atoms with Crippen LogP contribution in [0.3, 0.4) is 0 Å². The molecule has 0 aromatic heterocycles. The van der Waals surface area contributed by atoms with E-state index in [1.807, 2.05) is 0 Å². The summed E-state index contributed by atoms with van der Waals surface area (Å²) in [6.45, 7) is 0.663. The molecule has 0 radical (unpaired) electrons. The Morgan fingerprint density at radius 2 is 2.10 bits per heavy atom. The van der Waals surface area contributed by atoms with E-state index in [-0.39, 0.29) is 18.3 Å². The zero-order valence-electron chi connectivity index (χ0n) is 11.3. The van der Waals surface area contributed by atoms with Gasteiger partial charge in [-0.3, -0.25) is 0 Å². The second kappa shape index (κ2) is 7.64. The molecule has 1 rings (SSSR count). The summed E-state index contributed by atoms with van der Waals surface area (Å²) in [5.41, 5.74) is 0.382. The standard InChI is InChI=1S/C13H18F2N2O3/c1-8(2)17-13(19)16-7-11(18)9-4-3-5-10(6-9)20-12(14)15/h3-6,8,11-12,18H,7H2,1-2H3,(H2,16,17,19). The van der Waals surface area contributed by atoms with Crippen molar-refractivity contribution in [1.82, 2.24) is 10.6 Å². The van der Waals surface area contributed by atoms with Gasteiger partial charge in [0.05, 0.1) is 6.10 Å². The van der Waals surface area contributed by atoms with Gasteiger partial charge >= 0.3 is 12.6 Å². The van der Waals surface area contributed by atoms with Crippen molar-refractivity contribution in [2.45, 2.75) is 32.6 Å². The van der Waals surface area contributed by atoms with Gasteiger partial charge in [-0.1, -0.05) is 12.1 Å². The van der Waals surface area contributed by atoms with Crippen LogP contribution in [0.25, 0.3) is 0 Å². The molecule has 1 atom stereocenters. The molecule has 1 unspecified atom stereocenters. The number of alkyl halides is 2. The van der Waals surface area contributed by atoms with Crippen molar-refractivity contribution in [2.24, 2.45) is 0 Å². The van der Waals surface area contributed by atoms with Crippen LogP contribution in [0.5, 0.6) is 5.75 Å². The number of halogens is 2. The Kier molecular flexibility index (Phi) is 6.17. The van der Waals surface area contributed by atoms with Crippen LogP contribution in [-0.4, -0.2) is 30.3 Å². The van der Waals surface area contributed by atoms with E-state index in [4.69, 9.17) is 0 Å². The van der Waals surface area contributed by atoms with Gasteiger partial charge in [0, 0.05) is 12.6 Å². The highest BCUT2D eigenvalue weighted by atomic mass is 19.3. The summed E-state index contributed by atoms with van der Waals surface area (Å²) in [6, 6.07) is 5.30. The lowest BCUT2D eigenvalue weighted by molar-refractivity contribution is -0.0499. The monoisotopic (exact) mass is 288 g/mol. The molecule has 1 aromatic rings. The highest BCUT2D eigenvalue weighted by molar-refractivity contribution is 5.74. The number of urea groups is 1. The quantitative estimate of drug-likeness (QED) is 0.750. The van der Waals surface area contributed by atoms with Crippen molar-refractivity contribution in [3.8, 4) is 5.75 Å². The third kappa shape index (κ3) is 5.83. The van der Waals surface area contributed by atoms with Crippen LogP contribution < -0.4 is 15.4 Å². The maximum atomic E-state index is 12.1. The molecule has 0 heterocycles. The Morgan fingerprint density at radius 1 is 1.40 bits per heavy atom. The zero-order valence-corrected chi connectivity index (χ0v) is 11.3. The minimum atomic E-state index is -2.92. The maximum Gasteiger partial charge on any atom is 0.387 e. The Labute approximate surface area is 115 Å². The fourth-order valence-electron chi connectivity index (χ4n) is 1.52. The molecule has 0 fully saturated rings. The number of hydrogen-bond acceptors (Lipinski definition) is 3. The minimum Gasteiger partial charge on any atom is -0.435 e. The van der Waals surface area contributed by atoms with Crippen molar-refractivity contribution in [3.63, 3.8) is 0 Å². The van der Waals surface area contributed by atoms with Gasteiger partial charge in [0.15, 0.2) is 0 Å². The van der Waals surface area contributed by atoms with Gasteiger partial charge in [-0.2, -0.15) is 8.78 Å². The molecule has 2 amide bonds. The predicted molar refractivity (Wildman–Crippen MR) is 69.7 cm³/mol. The third-order valence-electron chi connectivity index (χ3n) is 2.34. The van der Waals surface area contributed by atoms with Gasteiger partial charge in [-0.15, -0.1) is 0 Å². The first-order valence-electron chi connectivity index (χ1n) is 6.15. The van der Waals surface area contributed by atoms with E-state index in [1.165, 1.54) is 18.2 Å². The number of aliphatic hydroxyl groups excluding tert-OH is 1. The number of nitrogens with one attached hydrogen (secondary N) is 2. The van der Waals surface area contributed by atoms with E-state index in [1.54, 1.807) is 19.9 Å². The third-order valence-corrected chi connectivity index (χ3v) is 2.34. The molecule has 0 aliphatic carbocycles. The predicted octanol–water partition coefficient (Wildman–Crippen LogP) is 2.03. The van der Waals surface area contributed by atoms with Gasteiger partial charge in [0.2, 0.25) is 0 Å².